The van der Waals surface area contributed by atoms with Gasteiger partial charge >= 0.3 is 5.24 Å². The van der Waals surface area contributed by atoms with Crippen molar-refractivity contribution in [3.8, 4) is 0 Å². The predicted molar refractivity (Wildman–Crippen MR) is 105 cm³/mol. The number of nitrogens with zero attached hydrogens (tertiary/aromatic N) is 2. The summed E-state index contributed by atoms with van der Waals surface area (Å²) in [4.78, 5) is 42.4. The van der Waals surface area contributed by atoms with Gasteiger partial charge in [-0.15, -0.1) is 0 Å². The summed E-state index contributed by atoms with van der Waals surface area (Å²) >= 11 is 0.826. The molecule has 4 rings (SSSR count). The van der Waals surface area contributed by atoms with E-state index in [0.29, 0.717) is 27.4 Å². The van der Waals surface area contributed by atoms with E-state index >= 15 is 0 Å². The van der Waals surface area contributed by atoms with Crippen LogP contribution in [0.5, 0.6) is 0 Å². The van der Waals surface area contributed by atoms with E-state index in [0.717, 1.165) is 11.8 Å². The summed E-state index contributed by atoms with van der Waals surface area (Å²) in [6.07, 6.45) is 0. The highest BCUT2D eigenvalue weighted by Gasteiger charge is 2.38. The van der Waals surface area contributed by atoms with Gasteiger partial charge in [-0.1, -0.05) is 36.4 Å². The maximum absolute atomic E-state index is 13.0. The van der Waals surface area contributed by atoms with Gasteiger partial charge < -0.3 is 11.1 Å². The molecule has 0 atom stereocenters. The first-order valence-electron chi connectivity index (χ1n) is 8.11. The molecule has 2 aliphatic rings. The fraction of sp³-hybridized carbons (Fsp3) is 0.0526. The van der Waals surface area contributed by atoms with Crippen molar-refractivity contribution < 1.29 is 14.4 Å². The number of carbonyl (C=O) groups excluding carboxylic acids is 3. The molecule has 3 N–H and O–H groups in total. The van der Waals surface area contributed by atoms with Gasteiger partial charge in [-0.2, -0.15) is 4.99 Å². The summed E-state index contributed by atoms with van der Waals surface area (Å²) in [5.74, 6) is -0.680. The van der Waals surface area contributed by atoms with Crippen LogP contribution in [0.3, 0.4) is 0 Å². The summed E-state index contributed by atoms with van der Waals surface area (Å²) in [5, 5.41) is 2.31. The van der Waals surface area contributed by atoms with Crippen LogP contribution >= 0.6 is 11.8 Å². The van der Waals surface area contributed by atoms with Crippen LogP contribution in [0.4, 0.5) is 16.2 Å². The number of hydrogen-bond donors (Lipinski definition) is 2. The second-order valence-electron chi connectivity index (χ2n) is 5.89. The Bertz CT molecular complexity index is 1030. The molecule has 27 heavy (non-hydrogen) atoms. The summed E-state index contributed by atoms with van der Waals surface area (Å²) in [6, 6.07) is 16.1. The number of nitrogens with one attached hydrogen (secondary N) is 1. The Morgan fingerprint density at radius 3 is 2.48 bits per heavy atom. The number of anilines is 2. The van der Waals surface area contributed by atoms with Crippen molar-refractivity contribution in [3.63, 3.8) is 0 Å². The van der Waals surface area contributed by atoms with Gasteiger partial charge in [-0.3, -0.25) is 19.3 Å². The fourth-order valence-electron chi connectivity index (χ4n) is 3.01. The summed E-state index contributed by atoms with van der Waals surface area (Å²) in [7, 11) is 0. The molecule has 0 aromatic heterocycles. The van der Waals surface area contributed by atoms with Crippen LogP contribution in [-0.2, 0) is 9.59 Å². The van der Waals surface area contributed by atoms with Crippen LogP contribution in [0.2, 0.25) is 0 Å². The Hall–Kier alpha value is -3.39. The van der Waals surface area contributed by atoms with Crippen LogP contribution in [0.15, 0.2) is 64.5 Å². The molecule has 2 aliphatic heterocycles. The smallest absolute Gasteiger partial charge is 0.311 e. The number of amidine groups is 1. The number of aliphatic imine (C=N–C) groups is 1. The lowest BCUT2D eigenvalue weighted by atomic mass is 10.1. The van der Waals surface area contributed by atoms with E-state index in [2.05, 4.69) is 10.3 Å². The lowest BCUT2D eigenvalue weighted by Gasteiger charge is -2.16. The molecule has 8 heteroatoms. The van der Waals surface area contributed by atoms with Gasteiger partial charge in [0, 0.05) is 11.3 Å². The van der Waals surface area contributed by atoms with Crippen LogP contribution in [0.25, 0.3) is 5.57 Å². The maximum Gasteiger partial charge on any atom is 0.311 e. The van der Waals surface area contributed by atoms with Gasteiger partial charge in [0.15, 0.2) is 0 Å². The molecule has 2 heterocycles. The summed E-state index contributed by atoms with van der Waals surface area (Å²) in [6.45, 7) is -0.156. The Labute approximate surface area is 158 Å². The Balaban J connectivity index is 1.66. The molecule has 0 bridgehead atoms. The molecule has 2 aromatic rings. The molecule has 134 valence electrons. The van der Waals surface area contributed by atoms with Gasteiger partial charge in [-0.05, 0) is 30.0 Å². The third-order valence-corrected chi connectivity index (χ3v) is 5.03. The molecule has 0 saturated carbocycles. The van der Waals surface area contributed by atoms with Gasteiger partial charge in [0.05, 0.1) is 16.2 Å². The third-order valence-electron chi connectivity index (χ3n) is 4.14. The van der Waals surface area contributed by atoms with Gasteiger partial charge in [0.25, 0.3) is 5.91 Å². The third kappa shape index (κ3) is 3.11. The van der Waals surface area contributed by atoms with Crippen molar-refractivity contribution in [1.82, 2.24) is 0 Å². The van der Waals surface area contributed by atoms with Gasteiger partial charge in [0.2, 0.25) is 5.91 Å². The van der Waals surface area contributed by atoms with Gasteiger partial charge in [0.1, 0.15) is 12.4 Å². The van der Waals surface area contributed by atoms with Crippen molar-refractivity contribution in [2.24, 2.45) is 10.7 Å². The normalized spacial score (nSPS) is 18.5. The first-order chi connectivity index (χ1) is 13.0. The van der Waals surface area contributed by atoms with Crippen LogP contribution in [0.1, 0.15) is 5.56 Å². The molecule has 0 fully saturated rings. The summed E-state index contributed by atoms with van der Waals surface area (Å²) < 4.78 is 0. The monoisotopic (exact) mass is 378 g/mol. The Kier molecular flexibility index (Phi) is 4.25. The molecule has 2 aromatic carbocycles. The number of thioether (sulfide) groups is 1. The topological polar surface area (TPSA) is 105 Å². The second kappa shape index (κ2) is 6.73. The SMILES string of the molecule is NC1=NC(=O)S/C1=C1/C(=O)N(CC(=O)Nc2ccccc2)c2ccccc21. The molecule has 0 unspecified atom stereocenters. The molecule has 7 nitrogen and oxygen atoms in total. The number of para-hydroxylation sites is 2. The number of benzene rings is 2. The van der Waals surface area contributed by atoms with Gasteiger partial charge in [-0.25, -0.2) is 0 Å². The average Bonchev–Trinajstić information content (AvgIpc) is 3.12. The van der Waals surface area contributed by atoms with E-state index in [1.807, 2.05) is 18.2 Å². The summed E-state index contributed by atoms with van der Waals surface area (Å²) in [5.41, 5.74) is 7.99. The molecule has 0 saturated heterocycles. The minimum absolute atomic E-state index is 0.0266. The molecular formula is C19H14N4O3S. The molecular weight excluding hydrogens is 364 g/mol. The standard InChI is InChI=1S/C19H14N4O3S/c20-17-16(27-19(26)22-17)15-12-8-4-5-9-13(12)23(18(15)25)10-14(24)21-11-6-2-1-3-7-11/h1-9H,10H2,(H,21,24)(H2,20,22,26)/b16-15+. The van der Waals surface area contributed by atoms with Crippen molar-refractivity contribution in [2.75, 3.05) is 16.8 Å². The Morgan fingerprint density at radius 2 is 1.78 bits per heavy atom. The fourth-order valence-corrected chi connectivity index (χ4v) is 3.78. The zero-order chi connectivity index (χ0) is 19.0. The van der Waals surface area contributed by atoms with Crippen LogP contribution < -0.4 is 16.0 Å². The van der Waals surface area contributed by atoms with E-state index in [4.69, 9.17) is 5.73 Å². The lowest BCUT2D eigenvalue weighted by Crippen LogP contribution is -2.35. The highest BCUT2D eigenvalue weighted by molar-refractivity contribution is 8.18. The van der Waals surface area contributed by atoms with E-state index in [1.165, 1.54) is 4.90 Å². The van der Waals surface area contributed by atoms with Crippen molar-refractivity contribution >= 4 is 51.6 Å². The number of nitrogens with two attached hydrogens (primary N) is 1. The zero-order valence-corrected chi connectivity index (χ0v) is 14.8. The number of carbonyl (C=O) groups is 3. The largest absolute Gasteiger partial charge is 0.383 e. The van der Waals surface area contributed by atoms with Crippen LogP contribution in [-0.4, -0.2) is 29.4 Å². The molecule has 0 radical (unpaired) electrons. The highest BCUT2D eigenvalue weighted by atomic mass is 32.2. The lowest BCUT2D eigenvalue weighted by molar-refractivity contribution is -0.118. The molecule has 0 aliphatic carbocycles. The van der Waals surface area contributed by atoms with Crippen LogP contribution in [0, 0.1) is 0 Å². The van der Waals surface area contributed by atoms with E-state index in [-0.39, 0.29) is 24.2 Å². The minimum atomic E-state index is -0.458. The molecule has 0 spiro atoms. The number of hydrogen-bond acceptors (Lipinski definition) is 5. The molecule has 3 amide bonds. The van der Waals surface area contributed by atoms with E-state index < -0.39 is 5.24 Å². The average molecular weight is 378 g/mol. The predicted octanol–water partition coefficient (Wildman–Crippen LogP) is 2.61. The van der Waals surface area contributed by atoms with Crippen molar-refractivity contribution in [3.05, 3.63) is 65.1 Å². The first kappa shape index (κ1) is 17.0. The quantitative estimate of drug-likeness (QED) is 0.799. The first-order valence-corrected chi connectivity index (χ1v) is 8.93. The van der Waals surface area contributed by atoms with E-state index in [9.17, 15) is 14.4 Å². The second-order valence-corrected chi connectivity index (χ2v) is 6.85. The number of amides is 3. The van der Waals surface area contributed by atoms with E-state index in [1.54, 1.807) is 36.4 Å². The minimum Gasteiger partial charge on any atom is -0.383 e. The highest BCUT2D eigenvalue weighted by Crippen LogP contribution is 2.42. The Morgan fingerprint density at radius 1 is 1.07 bits per heavy atom. The van der Waals surface area contributed by atoms with Crippen molar-refractivity contribution in [2.45, 2.75) is 0 Å². The number of rotatable bonds is 3. The zero-order valence-electron chi connectivity index (χ0n) is 14.0. The number of fused-ring (bicyclic) bond motifs is 1. The van der Waals surface area contributed by atoms with Crippen molar-refractivity contribution in [1.29, 1.82) is 0 Å². The maximum atomic E-state index is 13.0.